The number of carbonyl (C=O) groups is 2. The maximum Gasteiger partial charge on any atom is 0.337 e. The van der Waals surface area contributed by atoms with Crippen molar-refractivity contribution in [3.63, 3.8) is 0 Å². The van der Waals surface area contributed by atoms with Crippen molar-refractivity contribution in [2.24, 2.45) is 5.92 Å². The average Bonchev–Trinajstić information content (AvgIpc) is 2.74. The summed E-state index contributed by atoms with van der Waals surface area (Å²) < 4.78 is 4.95. The van der Waals surface area contributed by atoms with Crippen LogP contribution in [0.15, 0.2) is 30.3 Å². The number of halogens is 2. The minimum atomic E-state index is -1.70. The van der Waals surface area contributed by atoms with Gasteiger partial charge in [0.25, 0.3) is 5.91 Å². The van der Waals surface area contributed by atoms with E-state index in [1.807, 2.05) is 30.3 Å². The van der Waals surface area contributed by atoms with Gasteiger partial charge in [0, 0.05) is 24.9 Å². The predicted molar refractivity (Wildman–Crippen MR) is 81.3 cm³/mol. The minimum Gasteiger partial charge on any atom is -0.464 e. The molecule has 1 heterocycles. The fourth-order valence-electron chi connectivity index (χ4n) is 2.46. The van der Waals surface area contributed by atoms with Gasteiger partial charge >= 0.3 is 5.97 Å². The monoisotopic (exact) mass is 329 g/mol. The highest BCUT2D eigenvalue weighted by Crippen LogP contribution is 2.38. The molecular weight excluding hydrogens is 313 g/mol. The zero-order valence-electron chi connectivity index (χ0n) is 11.7. The summed E-state index contributed by atoms with van der Waals surface area (Å²) >= 11 is 12.2. The molecule has 0 bridgehead atoms. The van der Waals surface area contributed by atoms with Crippen LogP contribution < -0.4 is 0 Å². The quantitative estimate of drug-likeness (QED) is 0.473. The third kappa shape index (κ3) is 3.01. The van der Waals surface area contributed by atoms with Crippen molar-refractivity contribution < 1.29 is 14.3 Å². The molecule has 114 valence electrons. The van der Waals surface area contributed by atoms with E-state index in [2.05, 4.69) is 0 Å². The molecule has 0 N–H and O–H groups in total. The third-order valence-electron chi connectivity index (χ3n) is 3.58. The van der Waals surface area contributed by atoms with Crippen LogP contribution in [0.5, 0.6) is 0 Å². The molecule has 4 nitrogen and oxygen atoms in total. The molecule has 1 aromatic carbocycles. The first-order valence-corrected chi connectivity index (χ1v) is 7.70. The van der Waals surface area contributed by atoms with Gasteiger partial charge in [-0.1, -0.05) is 41.9 Å². The highest BCUT2D eigenvalue weighted by molar-refractivity contribution is 6.46. The van der Waals surface area contributed by atoms with E-state index in [4.69, 9.17) is 27.9 Å². The van der Waals surface area contributed by atoms with E-state index in [0.717, 1.165) is 5.56 Å². The van der Waals surface area contributed by atoms with Crippen molar-refractivity contribution in [2.75, 3.05) is 19.0 Å². The lowest BCUT2D eigenvalue weighted by molar-refractivity contribution is -0.151. The number of alkyl halides is 2. The Hall–Kier alpha value is -1.26. The molecule has 1 amide bonds. The van der Waals surface area contributed by atoms with E-state index in [1.54, 1.807) is 11.8 Å². The number of nitrogens with zero attached hydrogens (tertiary/aromatic N) is 1. The van der Waals surface area contributed by atoms with Gasteiger partial charge in [-0.15, -0.1) is 11.6 Å². The number of ether oxygens (including phenoxy) is 1. The summed E-state index contributed by atoms with van der Waals surface area (Å²) in [6.07, 6.45) is 0. The third-order valence-corrected chi connectivity index (χ3v) is 4.57. The van der Waals surface area contributed by atoms with Gasteiger partial charge in [0.15, 0.2) is 0 Å². The predicted octanol–water partition coefficient (Wildman–Crippen LogP) is 2.42. The van der Waals surface area contributed by atoms with Crippen LogP contribution in [0.1, 0.15) is 12.5 Å². The Kier molecular flexibility index (Phi) is 5.12. The number of hydrogen-bond acceptors (Lipinski definition) is 3. The highest BCUT2D eigenvalue weighted by Gasteiger charge is 2.59. The van der Waals surface area contributed by atoms with E-state index in [9.17, 15) is 9.59 Å². The van der Waals surface area contributed by atoms with Crippen LogP contribution in [0.2, 0.25) is 0 Å². The van der Waals surface area contributed by atoms with Crippen LogP contribution in [0.4, 0.5) is 0 Å². The molecule has 6 heteroatoms. The standard InChI is InChI=1S/C15H17Cl2NO3/c1-2-21-14(20)15(17)12(8-16)10-18(13(15)19)9-11-6-4-3-5-7-11/h3-7,12H,2,8-10H2,1H3/t12-,15+/m1/s1. The molecule has 0 saturated carbocycles. The summed E-state index contributed by atoms with van der Waals surface area (Å²) in [5, 5.41) is 0. The molecule has 0 aromatic heterocycles. The first-order chi connectivity index (χ1) is 10.0. The van der Waals surface area contributed by atoms with Gasteiger partial charge in [0.05, 0.1) is 6.61 Å². The van der Waals surface area contributed by atoms with Crippen LogP contribution in [0.3, 0.4) is 0 Å². The molecule has 21 heavy (non-hydrogen) atoms. The van der Waals surface area contributed by atoms with Crippen molar-refractivity contribution in [3.8, 4) is 0 Å². The fourth-order valence-corrected chi connectivity index (χ4v) is 3.19. The molecule has 0 aliphatic carbocycles. The van der Waals surface area contributed by atoms with Gasteiger partial charge < -0.3 is 9.64 Å². The van der Waals surface area contributed by atoms with Crippen molar-refractivity contribution in [1.82, 2.24) is 4.90 Å². The van der Waals surface area contributed by atoms with Crippen LogP contribution in [-0.4, -0.2) is 40.7 Å². The van der Waals surface area contributed by atoms with Crippen molar-refractivity contribution in [2.45, 2.75) is 18.3 Å². The summed E-state index contributed by atoms with van der Waals surface area (Å²) in [5.41, 5.74) is 0.976. The topological polar surface area (TPSA) is 46.6 Å². The van der Waals surface area contributed by atoms with Crippen LogP contribution >= 0.6 is 23.2 Å². The molecule has 0 unspecified atom stereocenters. The molecule has 0 spiro atoms. The van der Waals surface area contributed by atoms with Gasteiger partial charge in [0.1, 0.15) is 0 Å². The largest absolute Gasteiger partial charge is 0.464 e. The summed E-state index contributed by atoms with van der Waals surface area (Å²) in [6.45, 7) is 2.60. The lowest BCUT2D eigenvalue weighted by Gasteiger charge is -2.22. The van der Waals surface area contributed by atoms with Crippen LogP contribution in [0.25, 0.3) is 0 Å². The molecule has 1 aliphatic heterocycles. The summed E-state index contributed by atoms with van der Waals surface area (Å²) in [5.74, 6) is -1.48. The zero-order chi connectivity index (χ0) is 15.5. The maximum atomic E-state index is 12.6. The first kappa shape index (κ1) is 16.1. The number of carbonyl (C=O) groups excluding carboxylic acids is 2. The Morgan fingerprint density at radius 3 is 2.67 bits per heavy atom. The fraction of sp³-hybridized carbons (Fsp3) is 0.467. The Morgan fingerprint density at radius 1 is 1.43 bits per heavy atom. The van der Waals surface area contributed by atoms with Crippen molar-refractivity contribution in [1.29, 1.82) is 0 Å². The highest BCUT2D eigenvalue weighted by atomic mass is 35.5. The summed E-state index contributed by atoms with van der Waals surface area (Å²) in [7, 11) is 0. The van der Waals surface area contributed by atoms with E-state index < -0.39 is 22.7 Å². The number of rotatable bonds is 5. The number of benzene rings is 1. The molecule has 1 aliphatic rings. The molecule has 2 atom stereocenters. The van der Waals surface area contributed by atoms with Crippen molar-refractivity contribution in [3.05, 3.63) is 35.9 Å². The Labute approximate surface area is 134 Å². The SMILES string of the molecule is CCOC(=O)[C@@]1(Cl)C(=O)N(Cc2ccccc2)C[C@H]1CCl. The summed E-state index contributed by atoms with van der Waals surface area (Å²) in [6, 6.07) is 9.53. The second kappa shape index (κ2) is 6.67. The molecule has 0 radical (unpaired) electrons. The van der Waals surface area contributed by atoms with Gasteiger partial charge in [-0.3, -0.25) is 4.79 Å². The minimum absolute atomic E-state index is 0.124. The average molecular weight is 330 g/mol. The van der Waals surface area contributed by atoms with Gasteiger partial charge in [0.2, 0.25) is 4.87 Å². The lowest BCUT2D eigenvalue weighted by Crippen LogP contribution is -2.47. The van der Waals surface area contributed by atoms with E-state index in [1.165, 1.54) is 0 Å². The van der Waals surface area contributed by atoms with Crippen LogP contribution in [-0.2, 0) is 20.9 Å². The smallest absolute Gasteiger partial charge is 0.337 e. The molecule has 1 aromatic rings. The first-order valence-electron chi connectivity index (χ1n) is 6.79. The van der Waals surface area contributed by atoms with E-state index in [0.29, 0.717) is 13.1 Å². The van der Waals surface area contributed by atoms with Crippen molar-refractivity contribution >= 4 is 35.1 Å². The van der Waals surface area contributed by atoms with Gasteiger partial charge in [-0.2, -0.15) is 0 Å². The second-order valence-electron chi connectivity index (χ2n) is 4.95. The number of hydrogen-bond donors (Lipinski definition) is 0. The van der Waals surface area contributed by atoms with Gasteiger partial charge in [-0.25, -0.2) is 4.79 Å². The molecule has 2 rings (SSSR count). The lowest BCUT2D eigenvalue weighted by atomic mass is 9.96. The van der Waals surface area contributed by atoms with Gasteiger partial charge in [-0.05, 0) is 12.5 Å². The normalized spacial score (nSPS) is 25.2. The maximum absolute atomic E-state index is 12.6. The number of esters is 1. The Morgan fingerprint density at radius 2 is 2.10 bits per heavy atom. The zero-order valence-corrected chi connectivity index (χ0v) is 13.2. The van der Waals surface area contributed by atoms with E-state index >= 15 is 0 Å². The molecular formula is C15H17Cl2NO3. The second-order valence-corrected chi connectivity index (χ2v) is 5.86. The van der Waals surface area contributed by atoms with Crippen LogP contribution in [0, 0.1) is 5.92 Å². The van der Waals surface area contributed by atoms with E-state index in [-0.39, 0.29) is 12.5 Å². The molecule has 1 fully saturated rings. The summed E-state index contributed by atoms with van der Waals surface area (Å²) in [4.78, 5) is 24.5. The number of likely N-dealkylation sites (tertiary alicyclic amines) is 1. The Balaban J connectivity index is 2.21. The molecule has 1 saturated heterocycles. The Bertz CT molecular complexity index is 523. The number of amides is 1.